The fourth-order valence-electron chi connectivity index (χ4n) is 2.47. The molecular formula is C17H16Br2N2OS. The van der Waals surface area contributed by atoms with Gasteiger partial charge in [-0.1, -0.05) is 35.0 Å². The largest absolute Gasteiger partial charge is 0.351 e. The standard InChI is InChI=1S/C17H16Br2N2OS/c1-2-7-20-17(22)14-8-15-13(9-16(19)23-15)21(14)10-11-3-5-12(18)6-4-11/h3-6,8-9H,2,7,10H2,1H3,(H,20,22). The molecule has 6 heteroatoms. The van der Waals surface area contributed by atoms with Gasteiger partial charge in [0, 0.05) is 17.6 Å². The molecule has 120 valence electrons. The van der Waals surface area contributed by atoms with Crippen LogP contribution in [0.5, 0.6) is 0 Å². The average molecular weight is 456 g/mol. The van der Waals surface area contributed by atoms with E-state index in [2.05, 4.69) is 66.9 Å². The van der Waals surface area contributed by atoms with E-state index >= 15 is 0 Å². The van der Waals surface area contributed by atoms with Gasteiger partial charge in [-0.05, 0) is 52.2 Å². The van der Waals surface area contributed by atoms with E-state index in [1.165, 1.54) is 0 Å². The van der Waals surface area contributed by atoms with E-state index in [9.17, 15) is 4.79 Å². The molecule has 2 heterocycles. The lowest BCUT2D eigenvalue weighted by atomic mass is 10.2. The van der Waals surface area contributed by atoms with E-state index in [0.717, 1.165) is 36.2 Å². The summed E-state index contributed by atoms with van der Waals surface area (Å²) in [6, 6.07) is 12.3. The van der Waals surface area contributed by atoms with Gasteiger partial charge in [-0.2, -0.15) is 0 Å². The average Bonchev–Trinajstić information content (AvgIpc) is 3.04. The first kappa shape index (κ1) is 16.7. The number of hydrogen-bond donors (Lipinski definition) is 1. The van der Waals surface area contributed by atoms with Crippen molar-refractivity contribution >= 4 is 59.3 Å². The number of carbonyl (C=O) groups is 1. The topological polar surface area (TPSA) is 34.0 Å². The second-order valence-electron chi connectivity index (χ2n) is 5.30. The third-order valence-electron chi connectivity index (χ3n) is 3.58. The number of thiophene rings is 1. The Morgan fingerprint density at radius 3 is 2.65 bits per heavy atom. The molecule has 3 aromatic rings. The summed E-state index contributed by atoms with van der Waals surface area (Å²) in [5.41, 5.74) is 2.97. The smallest absolute Gasteiger partial charge is 0.267 e. The van der Waals surface area contributed by atoms with Crippen molar-refractivity contribution in [2.75, 3.05) is 6.54 Å². The van der Waals surface area contributed by atoms with Crippen LogP contribution in [-0.4, -0.2) is 17.0 Å². The Bertz CT molecular complexity index is 836. The summed E-state index contributed by atoms with van der Waals surface area (Å²) in [6.07, 6.45) is 0.930. The number of fused-ring (bicyclic) bond motifs is 1. The van der Waals surface area contributed by atoms with Crippen LogP contribution in [0.15, 0.2) is 44.7 Å². The Balaban J connectivity index is 2.00. The lowest BCUT2D eigenvalue weighted by molar-refractivity contribution is 0.0945. The number of amides is 1. The second kappa shape index (κ2) is 7.20. The van der Waals surface area contributed by atoms with Gasteiger partial charge in [0.25, 0.3) is 5.91 Å². The van der Waals surface area contributed by atoms with E-state index in [0.29, 0.717) is 13.1 Å². The van der Waals surface area contributed by atoms with Crippen molar-refractivity contribution in [1.82, 2.24) is 9.88 Å². The molecule has 23 heavy (non-hydrogen) atoms. The summed E-state index contributed by atoms with van der Waals surface area (Å²) in [5.74, 6) is -0.0107. The van der Waals surface area contributed by atoms with Gasteiger partial charge in [-0.3, -0.25) is 4.79 Å². The predicted octanol–water partition coefficient (Wildman–Crippen LogP) is 5.42. The molecule has 0 aliphatic rings. The van der Waals surface area contributed by atoms with E-state index in [1.807, 2.05) is 18.2 Å². The zero-order valence-corrected chi connectivity index (χ0v) is 16.6. The minimum absolute atomic E-state index is 0.0107. The first-order chi connectivity index (χ1) is 11.1. The van der Waals surface area contributed by atoms with Crippen molar-refractivity contribution in [1.29, 1.82) is 0 Å². The third-order valence-corrected chi connectivity index (χ3v) is 5.68. The first-order valence-electron chi connectivity index (χ1n) is 7.39. The van der Waals surface area contributed by atoms with Gasteiger partial charge in [0.05, 0.1) is 14.0 Å². The lowest BCUT2D eigenvalue weighted by Crippen LogP contribution is -2.26. The van der Waals surface area contributed by atoms with Gasteiger partial charge in [-0.25, -0.2) is 0 Å². The highest BCUT2D eigenvalue weighted by Gasteiger charge is 2.17. The van der Waals surface area contributed by atoms with E-state index < -0.39 is 0 Å². The fraction of sp³-hybridized carbons (Fsp3) is 0.235. The zero-order chi connectivity index (χ0) is 16.4. The molecule has 1 amide bonds. The van der Waals surface area contributed by atoms with E-state index in [-0.39, 0.29) is 5.91 Å². The Kier molecular flexibility index (Phi) is 5.24. The van der Waals surface area contributed by atoms with Crippen molar-refractivity contribution in [2.24, 2.45) is 0 Å². The van der Waals surface area contributed by atoms with Crippen LogP contribution in [0.1, 0.15) is 29.4 Å². The van der Waals surface area contributed by atoms with Crippen LogP contribution >= 0.6 is 43.2 Å². The summed E-state index contributed by atoms with van der Waals surface area (Å²) in [5, 5.41) is 2.97. The fourth-order valence-corrected chi connectivity index (χ4v) is 4.30. The number of rotatable bonds is 5. The molecule has 0 atom stereocenters. The Morgan fingerprint density at radius 2 is 1.96 bits per heavy atom. The molecule has 3 rings (SSSR count). The van der Waals surface area contributed by atoms with Crippen LogP contribution in [0.4, 0.5) is 0 Å². The van der Waals surface area contributed by atoms with Crippen molar-refractivity contribution in [2.45, 2.75) is 19.9 Å². The molecule has 2 aromatic heterocycles. The maximum Gasteiger partial charge on any atom is 0.267 e. The molecule has 0 saturated heterocycles. The number of nitrogens with zero attached hydrogens (tertiary/aromatic N) is 1. The maximum absolute atomic E-state index is 12.5. The zero-order valence-electron chi connectivity index (χ0n) is 12.6. The third kappa shape index (κ3) is 3.70. The highest BCUT2D eigenvalue weighted by atomic mass is 79.9. The number of aromatic nitrogens is 1. The summed E-state index contributed by atoms with van der Waals surface area (Å²) in [4.78, 5) is 12.5. The van der Waals surface area contributed by atoms with Crippen LogP contribution in [0.3, 0.4) is 0 Å². The number of halogens is 2. The van der Waals surface area contributed by atoms with Crippen LogP contribution in [0.25, 0.3) is 10.2 Å². The first-order valence-corrected chi connectivity index (χ1v) is 9.80. The minimum Gasteiger partial charge on any atom is -0.351 e. The SMILES string of the molecule is CCCNC(=O)c1cc2sc(Br)cc2n1Cc1ccc(Br)cc1. The molecule has 0 radical (unpaired) electrons. The van der Waals surface area contributed by atoms with Gasteiger partial charge in [-0.15, -0.1) is 11.3 Å². The van der Waals surface area contributed by atoms with Gasteiger partial charge in [0.15, 0.2) is 0 Å². The lowest BCUT2D eigenvalue weighted by Gasteiger charge is -2.11. The molecule has 0 fully saturated rings. The van der Waals surface area contributed by atoms with Crippen molar-refractivity contribution in [3.8, 4) is 0 Å². The number of nitrogens with one attached hydrogen (secondary N) is 1. The predicted molar refractivity (Wildman–Crippen MR) is 103 cm³/mol. The summed E-state index contributed by atoms with van der Waals surface area (Å²) >= 11 is 8.64. The minimum atomic E-state index is -0.0107. The number of benzene rings is 1. The molecule has 3 nitrogen and oxygen atoms in total. The highest BCUT2D eigenvalue weighted by Crippen LogP contribution is 2.33. The van der Waals surface area contributed by atoms with Crippen LogP contribution in [-0.2, 0) is 6.54 Å². The summed E-state index contributed by atoms with van der Waals surface area (Å²) in [7, 11) is 0. The van der Waals surface area contributed by atoms with Crippen LogP contribution in [0, 0.1) is 0 Å². The van der Waals surface area contributed by atoms with Crippen LogP contribution in [0.2, 0.25) is 0 Å². The molecule has 0 aliphatic heterocycles. The molecule has 0 bridgehead atoms. The van der Waals surface area contributed by atoms with Crippen molar-refractivity contribution in [3.05, 3.63) is 55.9 Å². The monoisotopic (exact) mass is 454 g/mol. The van der Waals surface area contributed by atoms with Gasteiger partial charge < -0.3 is 9.88 Å². The summed E-state index contributed by atoms with van der Waals surface area (Å²) < 4.78 is 5.34. The summed E-state index contributed by atoms with van der Waals surface area (Å²) in [6.45, 7) is 3.42. The molecule has 1 aromatic carbocycles. The second-order valence-corrected chi connectivity index (χ2v) is 8.68. The number of hydrogen-bond acceptors (Lipinski definition) is 2. The molecule has 0 aliphatic carbocycles. The van der Waals surface area contributed by atoms with Crippen molar-refractivity contribution in [3.63, 3.8) is 0 Å². The van der Waals surface area contributed by atoms with E-state index in [1.54, 1.807) is 11.3 Å². The Labute approximate surface area is 156 Å². The van der Waals surface area contributed by atoms with Crippen LogP contribution < -0.4 is 5.32 Å². The van der Waals surface area contributed by atoms with Gasteiger partial charge in [0.1, 0.15) is 5.69 Å². The van der Waals surface area contributed by atoms with E-state index in [4.69, 9.17) is 0 Å². The Morgan fingerprint density at radius 1 is 1.22 bits per heavy atom. The van der Waals surface area contributed by atoms with Gasteiger partial charge >= 0.3 is 0 Å². The normalized spacial score (nSPS) is 11.1. The molecular weight excluding hydrogens is 440 g/mol. The molecule has 0 saturated carbocycles. The molecule has 0 unspecified atom stereocenters. The quantitative estimate of drug-likeness (QED) is 0.547. The van der Waals surface area contributed by atoms with Crippen molar-refractivity contribution < 1.29 is 4.79 Å². The highest BCUT2D eigenvalue weighted by molar-refractivity contribution is 9.11. The Hall–Kier alpha value is -1.11. The molecule has 1 N–H and O–H groups in total. The number of carbonyl (C=O) groups excluding carboxylic acids is 1. The molecule has 0 spiro atoms. The van der Waals surface area contributed by atoms with Gasteiger partial charge in [0.2, 0.25) is 0 Å². The maximum atomic E-state index is 12.5.